The van der Waals surface area contributed by atoms with Gasteiger partial charge in [-0.1, -0.05) is 24.3 Å². The second-order valence-corrected chi connectivity index (χ2v) is 10.4. The number of halogens is 1. The van der Waals surface area contributed by atoms with Crippen molar-refractivity contribution >= 4 is 34.0 Å². The normalized spacial score (nSPS) is 19.7. The molecule has 34 heavy (non-hydrogen) atoms. The summed E-state index contributed by atoms with van der Waals surface area (Å²) in [5.74, 6) is 0.0265. The molecule has 0 bridgehead atoms. The van der Waals surface area contributed by atoms with E-state index < -0.39 is 0 Å². The zero-order valence-corrected chi connectivity index (χ0v) is 20.3. The van der Waals surface area contributed by atoms with Crippen molar-refractivity contribution < 1.29 is 9.53 Å². The highest BCUT2D eigenvalue weighted by Crippen LogP contribution is 2.55. The summed E-state index contributed by atoms with van der Waals surface area (Å²) < 4.78 is 7.78. The Morgan fingerprint density at radius 3 is 2.82 bits per heavy atom. The predicted molar refractivity (Wildman–Crippen MR) is 133 cm³/mol. The van der Waals surface area contributed by atoms with Crippen LogP contribution in [0.15, 0.2) is 31.0 Å². The van der Waals surface area contributed by atoms with Gasteiger partial charge in [0.05, 0.1) is 41.7 Å². The summed E-state index contributed by atoms with van der Waals surface area (Å²) in [4.78, 5) is 13.8. The number of amides is 1. The Kier molecular flexibility index (Phi) is 4.97. The monoisotopic (exact) mass is 477 g/mol. The molecule has 4 heterocycles. The lowest BCUT2D eigenvalue weighted by Crippen LogP contribution is -2.63. The molecule has 2 fully saturated rings. The first-order chi connectivity index (χ1) is 16.4. The van der Waals surface area contributed by atoms with Crippen LogP contribution in [-0.2, 0) is 9.53 Å². The standard InChI is InChI=1S/C26H28ClN5O2/c1-4-21(33)31-13-26(14-31)10-18(11-26)32-16(3)22(25(30-32)17-5-7-34-8-6-17)23-19-12-28-29-20(19)9-15(2)24(23)27/h4-5,9,12,18H,1,6-8,10-11,13-14H2,2-3H3,(H,28,29). The number of aromatic amines is 1. The number of fused-ring (bicyclic) bond motifs is 1. The van der Waals surface area contributed by atoms with Gasteiger partial charge in [-0.15, -0.1) is 0 Å². The summed E-state index contributed by atoms with van der Waals surface area (Å²) in [5, 5.41) is 14.3. The molecule has 1 amide bonds. The highest BCUT2D eigenvalue weighted by atomic mass is 35.5. The highest BCUT2D eigenvalue weighted by molar-refractivity contribution is 6.36. The Morgan fingerprint density at radius 2 is 2.12 bits per heavy atom. The zero-order valence-electron chi connectivity index (χ0n) is 19.5. The van der Waals surface area contributed by atoms with Crippen LogP contribution in [0.2, 0.25) is 5.02 Å². The number of nitrogens with one attached hydrogen (secondary N) is 1. The third kappa shape index (κ3) is 3.17. The number of aromatic nitrogens is 4. The molecule has 1 aliphatic carbocycles. The van der Waals surface area contributed by atoms with E-state index >= 15 is 0 Å². The Bertz CT molecular complexity index is 1350. The molecule has 1 spiro atoms. The van der Waals surface area contributed by atoms with E-state index in [2.05, 4.69) is 34.5 Å². The van der Waals surface area contributed by atoms with Crippen LogP contribution in [-0.4, -0.2) is 57.1 Å². The van der Waals surface area contributed by atoms with Crippen LogP contribution >= 0.6 is 11.6 Å². The van der Waals surface area contributed by atoms with Crippen molar-refractivity contribution in [2.24, 2.45) is 5.41 Å². The SMILES string of the molecule is C=CC(=O)N1CC2(CC(n3nc(C4=CCOCC4)c(-c4c(Cl)c(C)cc5[nH]ncc45)c3C)C2)C1. The van der Waals surface area contributed by atoms with Crippen molar-refractivity contribution in [3.63, 3.8) is 0 Å². The van der Waals surface area contributed by atoms with Gasteiger partial charge in [-0.3, -0.25) is 14.6 Å². The smallest absolute Gasteiger partial charge is 0.245 e. The number of hydrogen-bond acceptors (Lipinski definition) is 4. The number of hydrogen-bond donors (Lipinski definition) is 1. The number of carbonyl (C=O) groups is 1. The van der Waals surface area contributed by atoms with Crippen LogP contribution in [0.25, 0.3) is 27.6 Å². The first-order valence-corrected chi connectivity index (χ1v) is 12.2. The molecule has 8 heteroatoms. The average molecular weight is 478 g/mol. The summed E-state index contributed by atoms with van der Waals surface area (Å²) in [6.07, 6.45) is 8.28. The highest BCUT2D eigenvalue weighted by Gasteiger charge is 2.54. The second-order valence-electron chi connectivity index (χ2n) is 9.98. The fourth-order valence-electron chi connectivity index (χ4n) is 6.00. The van der Waals surface area contributed by atoms with Gasteiger partial charge in [-0.2, -0.15) is 10.2 Å². The first kappa shape index (κ1) is 21.6. The third-order valence-electron chi connectivity index (χ3n) is 7.75. The van der Waals surface area contributed by atoms with E-state index in [0.29, 0.717) is 19.3 Å². The van der Waals surface area contributed by atoms with E-state index in [1.807, 2.05) is 24.1 Å². The predicted octanol–water partition coefficient (Wildman–Crippen LogP) is 4.85. The van der Waals surface area contributed by atoms with Crippen LogP contribution in [0.5, 0.6) is 0 Å². The minimum absolute atomic E-state index is 0.0265. The van der Waals surface area contributed by atoms with Crippen molar-refractivity contribution in [3.8, 4) is 11.1 Å². The van der Waals surface area contributed by atoms with Gasteiger partial charge >= 0.3 is 0 Å². The Morgan fingerprint density at radius 1 is 1.32 bits per heavy atom. The molecule has 1 aromatic carbocycles. The molecule has 7 nitrogen and oxygen atoms in total. The molecular weight excluding hydrogens is 450 g/mol. The number of nitrogens with zero attached hydrogens (tertiary/aromatic N) is 4. The fourth-order valence-corrected chi connectivity index (χ4v) is 6.26. The van der Waals surface area contributed by atoms with Gasteiger partial charge in [0.2, 0.25) is 5.91 Å². The fraction of sp³-hybridized carbons (Fsp3) is 0.423. The van der Waals surface area contributed by atoms with Gasteiger partial charge < -0.3 is 9.64 Å². The Labute approximate surface area is 203 Å². The number of likely N-dealkylation sites (tertiary alicyclic amines) is 1. The number of aryl methyl sites for hydroxylation is 1. The van der Waals surface area contributed by atoms with Gasteiger partial charge in [-0.25, -0.2) is 0 Å². The zero-order chi connectivity index (χ0) is 23.6. The lowest BCUT2D eigenvalue weighted by atomic mass is 9.60. The molecule has 2 aromatic heterocycles. The number of H-pyrrole nitrogens is 1. The van der Waals surface area contributed by atoms with Crippen LogP contribution in [0.4, 0.5) is 0 Å². The van der Waals surface area contributed by atoms with Gasteiger partial charge in [-0.05, 0) is 56.4 Å². The Hall–Kier alpha value is -2.90. The first-order valence-electron chi connectivity index (χ1n) is 11.8. The van der Waals surface area contributed by atoms with E-state index in [1.54, 1.807) is 0 Å². The minimum Gasteiger partial charge on any atom is -0.377 e. The molecule has 0 atom stereocenters. The van der Waals surface area contributed by atoms with Gasteiger partial charge in [0.1, 0.15) is 0 Å². The van der Waals surface area contributed by atoms with Crippen LogP contribution in [0.3, 0.4) is 0 Å². The molecular formula is C26H28ClN5O2. The summed E-state index contributed by atoms with van der Waals surface area (Å²) in [5.41, 5.74) is 7.61. The van der Waals surface area contributed by atoms with E-state index in [0.717, 1.165) is 76.4 Å². The van der Waals surface area contributed by atoms with Gasteiger partial charge in [0, 0.05) is 40.7 Å². The third-order valence-corrected chi connectivity index (χ3v) is 8.24. The second kappa shape index (κ2) is 7.82. The molecule has 1 saturated carbocycles. The van der Waals surface area contributed by atoms with Gasteiger partial charge in [0.15, 0.2) is 0 Å². The molecule has 2 aliphatic heterocycles. The molecule has 0 unspecified atom stereocenters. The largest absolute Gasteiger partial charge is 0.377 e. The van der Waals surface area contributed by atoms with Crippen molar-refractivity contribution in [3.05, 3.63) is 53.0 Å². The summed E-state index contributed by atoms with van der Waals surface area (Å²) in [6.45, 7) is 10.7. The van der Waals surface area contributed by atoms with Gasteiger partial charge in [0.25, 0.3) is 0 Å². The topological polar surface area (TPSA) is 76.0 Å². The lowest BCUT2D eigenvalue weighted by molar-refractivity contribution is -0.149. The maximum atomic E-state index is 11.9. The van der Waals surface area contributed by atoms with Crippen molar-refractivity contribution in [2.45, 2.75) is 39.2 Å². The molecule has 6 rings (SSSR count). The molecule has 1 saturated heterocycles. The maximum Gasteiger partial charge on any atom is 0.245 e. The summed E-state index contributed by atoms with van der Waals surface area (Å²) >= 11 is 6.95. The molecule has 176 valence electrons. The van der Waals surface area contributed by atoms with Crippen LogP contribution in [0, 0.1) is 19.3 Å². The van der Waals surface area contributed by atoms with Crippen molar-refractivity contribution in [1.29, 1.82) is 0 Å². The lowest BCUT2D eigenvalue weighted by Gasteiger charge is -2.58. The Balaban J connectivity index is 1.42. The minimum atomic E-state index is 0.0265. The quantitative estimate of drug-likeness (QED) is 0.545. The molecule has 3 aliphatic rings. The van der Waals surface area contributed by atoms with Crippen LogP contribution in [0.1, 0.15) is 42.3 Å². The molecule has 3 aromatic rings. The van der Waals surface area contributed by atoms with E-state index in [9.17, 15) is 4.79 Å². The van der Waals surface area contributed by atoms with E-state index in [4.69, 9.17) is 21.4 Å². The van der Waals surface area contributed by atoms with Crippen molar-refractivity contribution in [1.82, 2.24) is 24.9 Å². The number of benzene rings is 1. The van der Waals surface area contributed by atoms with E-state index in [1.165, 1.54) is 11.6 Å². The van der Waals surface area contributed by atoms with E-state index in [-0.39, 0.29) is 11.3 Å². The average Bonchev–Trinajstić information content (AvgIpc) is 3.38. The molecule has 1 N–H and O–H groups in total. The number of rotatable bonds is 4. The number of ether oxygens (including phenoxy) is 1. The summed E-state index contributed by atoms with van der Waals surface area (Å²) in [7, 11) is 0. The summed E-state index contributed by atoms with van der Waals surface area (Å²) in [6, 6.07) is 2.36. The number of carbonyl (C=O) groups excluding carboxylic acids is 1. The van der Waals surface area contributed by atoms with Crippen molar-refractivity contribution in [2.75, 3.05) is 26.3 Å². The molecule has 0 radical (unpaired) electrons. The van der Waals surface area contributed by atoms with Crippen LogP contribution < -0.4 is 0 Å². The maximum absolute atomic E-state index is 11.9.